The van der Waals surface area contributed by atoms with Gasteiger partial charge in [0.1, 0.15) is 0 Å². The van der Waals surface area contributed by atoms with E-state index in [0.29, 0.717) is 5.92 Å². The maximum absolute atomic E-state index is 13.2. The van der Waals surface area contributed by atoms with Crippen LogP contribution in [0.4, 0.5) is 4.39 Å². The second kappa shape index (κ2) is 3.03. The van der Waals surface area contributed by atoms with Crippen molar-refractivity contribution in [3.8, 4) is 0 Å². The average Bonchev–Trinajstić information content (AvgIpc) is 2.64. The molecular formula is C8H13FN2O. The Morgan fingerprint density at radius 1 is 1.75 bits per heavy atom. The number of rotatable bonds is 2. The van der Waals surface area contributed by atoms with Crippen LogP contribution >= 0.6 is 0 Å². The minimum absolute atomic E-state index is 0.287. The third-order valence-corrected chi connectivity index (χ3v) is 2.63. The Balaban J connectivity index is 2.09. The van der Waals surface area contributed by atoms with E-state index in [4.69, 9.17) is 0 Å². The van der Waals surface area contributed by atoms with Crippen LogP contribution < -0.4 is 5.48 Å². The van der Waals surface area contributed by atoms with Crippen molar-refractivity contribution in [3.63, 3.8) is 0 Å². The summed E-state index contributed by atoms with van der Waals surface area (Å²) >= 11 is 0. The van der Waals surface area contributed by atoms with Gasteiger partial charge in [-0.25, -0.2) is 5.48 Å². The zero-order chi connectivity index (χ0) is 8.55. The molecule has 2 heterocycles. The molecule has 0 aliphatic carbocycles. The van der Waals surface area contributed by atoms with E-state index in [0.717, 1.165) is 31.6 Å². The van der Waals surface area contributed by atoms with E-state index in [1.807, 2.05) is 0 Å². The maximum atomic E-state index is 13.2. The molecule has 1 N–H and O–H groups in total. The lowest BCUT2D eigenvalue weighted by molar-refractivity contribution is 0.0946. The Bertz CT molecular complexity index is 217. The summed E-state index contributed by atoms with van der Waals surface area (Å²) in [7, 11) is 1.42. The lowest BCUT2D eigenvalue weighted by atomic mass is 10.0. The molecule has 0 aromatic heterocycles. The largest absolute Gasteiger partial charge is 0.299 e. The van der Waals surface area contributed by atoms with Crippen molar-refractivity contribution in [2.75, 3.05) is 26.7 Å². The number of piperidine rings is 1. The van der Waals surface area contributed by atoms with Crippen LogP contribution in [0.1, 0.15) is 6.42 Å². The summed E-state index contributed by atoms with van der Waals surface area (Å²) in [5, 5.41) is 0. The summed E-state index contributed by atoms with van der Waals surface area (Å²) in [5.74, 6) is 0.136. The number of hydrogen-bond donors (Lipinski definition) is 1. The van der Waals surface area contributed by atoms with E-state index in [1.54, 1.807) is 0 Å². The van der Waals surface area contributed by atoms with E-state index >= 15 is 0 Å². The molecule has 0 aromatic rings. The zero-order valence-electron chi connectivity index (χ0n) is 7.14. The Hall–Kier alpha value is -0.610. The molecule has 2 fully saturated rings. The lowest BCUT2D eigenvalue weighted by Gasteiger charge is -2.15. The van der Waals surface area contributed by atoms with E-state index in [-0.39, 0.29) is 5.95 Å². The second-order valence-electron chi connectivity index (χ2n) is 3.37. The van der Waals surface area contributed by atoms with Gasteiger partial charge in [0.25, 0.3) is 0 Å². The van der Waals surface area contributed by atoms with E-state index in [1.165, 1.54) is 7.11 Å². The Labute approximate surface area is 71.1 Å². The normalized spacial score (nSPS) is 37.2. The Morgan fingerprint density at radius 3 is 3.08 bits per heavy atom. The Morgan fingerprint density at radius 2 is 2.58 bits per heavy atom. The quantitative estimate of drug-likeness (QED) is 0.489. The first-order valence-electron chi connectivity index (χ1n) is 4.21. The van der Waals surface area contributed by atoms with Crippen LogP contribution in [0.5, 0.6) is 0 Å². The molecule has 12 heavy (non-hydrogen) atoms. The lowest BCUT2D eigenvalue weighted by Crippen LogP contribution is -2.21. The van der Waals surface area contributed by atoms with Gasteiger partial charge < -0.3 is 0 Å². The minimum Gasteiger partial charge on any atom is -0.299 e. The molecule has 2 aliphatic rings. The van der Waals surface area contributed by atoms with Crippen LogP contribution in [0.25, 0.3) is 0 Å². The molecule has 68 valence electrons. The highest BCUT2D eigenvalue weighted by molar-refractivity contribution is 5.20. The van der Waals surface area contributed by atoms with Crippen LogP contribution in [0.2, 0.25) is 0 Å². The van der Waals surface area contributed by atoms with Crippen LogP contribution in [-0.4, -0.2) is 31.6 Å². The molecule has 0 amide bonds. The summed E-state index contributed by atoms with van der Waals surface area (Å²) in [4.78, 5) is 6.78. The Kier molecular flexibility index (Phi) is 2.02. The first kappa shape index (κ1) is 8.01. The van der Waals surface area contributed by atoms with Gasteiger partial charge in [0.2, 0.25) is 5.95 Å². The highest BCUT2D eigenvalue weighted by atomic mass is 19.1. The van der Waals surface area contributed by atoms with E-state index in [9.17, 15) is 4.39 Å². The number of halogens is 1. The summed E-state index contributed by atoms with van der Waals surface area (Å²) < 4.78 is 13.2. The molecule has 2 bridgehead atoms. The van der Waals surface area contributed by atoms with Crippen molar-refractivity contribution in [1.29, 1.82) is 0 Å². The third-order valence-electron chi connectivity index (χ3n) is 2.63. The first-order valence-corrected chi connectivity index (χ1v) is 4.21. The maximum Gasteiger partial charge on any atom is 0.211 e. The van der Waals surface area contributed by atoms with Gasteiger partial charge in [-0.3, -0.25) is 9.74 Å². The van der Waals surface area contributed by atoms with Crippen LogP contribution in [-0.2, 0) is 4.84 Å². The van der Waals surface area contributed by atoms with Gasteiger partial charge in [0.15, 0.2) is 0 Å². The standard InChI is InChI=1S/C8H13FN2O/c1-12-10-8(9)7-5-11-3-2-6(7)4-11/h6,10H,2-5H2,1H3/b8-7-. The smallest absolute Gasteiger partial charge is 0.211 e. The van der Waals surface area contributed by atoms with Crippen molar-refractivity contribution in [3.05, 3.63) is 11.5 Å². The number of fused-ring (bicyclic) bond motifs is 2. The van der Waals surface area contributed by atoms with Crippen LogP contribution in [0, 0.1) is 5.92 Å². The molecule has 2 aliphatic heterocycles. The summed E-state index contributed by atoms with van der Waals surface area (Å²) in [6, 6.07) is 0. The highest BCUT2D eigenvalue weighted by Crippen LogP contribution is 2.33. The predicted octanol–water partition coefficient (Wildman–Crippen LogP) is 0.654. The monoisotopic (exact) mass is 172 g/mol. The van der Waals surface area contributed by atoms with Crippen molar-refractivity contribution in [1.82, 2.24) is 10.4 Å². The fourth-order valence-corrected chi connectivity index (χ4v) is 2.03. The molecule has 2 atom stereocenters. The van der Waals surface area contributed by atoms with Crippen LogP contribution in [0.3, 0.4) is 0 Å². The molecule has 2 unspecified atom stereocenters. The molecule has 3 nitrogen and oxygen atoms in total. The SMILES string of the molecule is CON/C(F)=C1/CN2CCC1C2. The molecular weight excluding hydrogens is 159 g/mol. The summed E-state index contributed by atoms with van der Waals surface area (Å²) in [6.07, 6.45) is 1.09. The van der Waals surface area contributed by atoms with E-state index < -0.39 is 0 Å². The van der Waals surface area contributed by atoms with Crippen molar-refractivity contribution < 1.29 is 9.23 Å². The molecule has 0 aromatic carbocycles. The third kappa shape index (κ3) is 1.21. The summed E-state index contributed by atoms with van der Waals surface area (Å²) in [6.45, 7) is 2.91. The molecule has 0 spiro atoms. The van der Waals surface area contributed by atoms with Gasteiger partial charge in [0, 0.05) is 18.7 Å². The van der Waals surface area contributed by atoms with E-state index in [2.05, 4.69) is 15.2 Å². The topological polar surface area (TPSA) is 24.5 Å². The first-order chi connectivity index (χ1) is 5.81. The van der Waals surface area contributed by atoms with Crippen molar-refractivity contribution in [2.24, 2.45) is 5.92 Å². The second-order valence-corrected chi connectivity index (χ2v) is 3.37. The van der Waals surface area contributed by atoms with Crippen molar-refractivity contribution >= 4 is 0 Å². The summed E-state index contributed by atoms with van der Waals surface area (Å²) in [5.41, 5.74) is 3.14. The fourth-order valence-electron chi connectivity index (χ4n) is 2.03. The van der Waals surface area contributed by atoms with Gasteiger partial charge >= 0.3 is 0 Å². The fraction of sp³-hybridized carbons (Fsp3) is 0.750. The molecule has 2 saturated heterocycles. The van der Waals surface area contributed by atoms with Gasteiger partial charge in [-0.1, -0.05) is 0 Å². The molecule has 0 radical (unpaired) electrons. The van der Waals surface area contributed by atoms with Gasteiger partial charge in [0.05, 0.1) is 7.11 Å². The highest BCUT2D eigenvalue weighted by Gasteiger charge is 2.35. The van der Waals surface area contributed by atoms with Crippen molar-refractivity contribution in [2.45, 2.75) is 6.42 Å². The predicted molar refractivity (Wildman–Crippen MR) is 42.8 cm³/mol. The van der Waals surface area contributed by atoms with Gasteiger partial charge in [-0.05, 0) is 18.9 Å². The van der Waals surface area contributed by atoms with Gasteiger partial charge in [-0.15, -0.1) is 0 Å². The molecule has 4 heteroatoms. The van der Waals surface area contributed by atoms with Gasteiger partial charge in [-0.2, -0.15) is 4.39 Å². The minimum atomic E-state index is -0.287. The number of nitrogens with zero attached hydrogens (tertiary/aromatic N) is 1. The molecule has 0 saturated carbocycles. The number of hydrogen-bond acceptors (Lipinski definition) is 3. The number of hydroxylamine groups is 1. The average molecular weight is 172 g/mol. The molecule has 2 rings (SSSR count). The zero-order valence-corrected chi connectivity index (χ0v) is 7.14. The van der Waals surface area contributed by atoms with Crippen LogP contribution in [0.15, 0.2) is 11.5 Å². The number of nitrogens with one attached hydrogen (secondary N) is 1.